The van der Waals surface area contributed by atoms with Crippen LogP contribution in [0.25, 0.3) is 0 Å². The molecule has 86 valence electrons. The SMILES string of the molecule is CN(C)/C=N\N=C\c1cc(Cl)cc(Cl)c1O. The molecule has 16 heavy (non-hydrogen) atoms. The fourth-order valence-corrected chi connectivity index (χ4v) is 1.42. The molecule has 1 aromatic rings. The standard InChI is InChI=1S/C10H11Cl2N3O/c1-15(2)6-14-13-5-7-3-8(11)4-9(12)10(7)16/h3-6,16H,1-2H3/b13-5+,14-6-. The molecule has 0 aliphatic carbocycles. The molecule has 0 aliphatic rings. The Morgan fingerprint density at radius 2 is 1.94 bits per heavy atom. The highest BCUT2D eigenvalue weighted by Gasteiger charge is 2.05. The summed E-state index contributed by atoms with van der Waals surface area (Å²) in [5.74, 6) is -0.0603. The summed E-state index contributed by atoms with van der Waals surface area (Å²) in [5, 5.41) is 17.7. The van der Waals surface area contributed by atoms with Crippen LogP contribution < -0.4 is 0 Å². The molecule has 0 spiro atoms. The highest BCUT2D eigenvalue weighted by molar-refractivity contribution is 6.36. The number of hydrogen-bond donors (Lipinski definition) is 1. The molecule has 0 fully saturated rings. The minimum Gasteiger partial charge on any atom is -0.506 e. The average molecular weight is 260 g/mol. The van der Waals surface area contributed by atoms with E-state index in [0.717, 1.165) is 0 Å². The Morgan fingerprint density at radius 3 is 2.56 bits per heavy atom. The molecule has 0 atom stereocenters. The summed E-state index contributed by atoms with van der Waals surface area (Å²) in [7, 11) is 3.65. The topological polar surface area (TPSA) is 48.2 Å². The fraction of sp³-hybridized carbons (Fsp3) is 0.200. The first-order valence-electron chi connectivity index (χ1n) is 4.41. The first-order valence-corrected chi connectivity index (χ1v) is 5.17. The van der Waals surface area contributed by atoms with Crippen LogP contribution in [0.2, 0.25) is 10.0 Å². The summed E-state index contributed by atoms with van der Waals surface area (Å²) >= 11 is 11.5. The van der Waals surface area contributed by atoms with Crippen molar-refractivity contribution in [3.8, 4) is 5.75 Å². The second kappa shape index (κ2) is 5.72. The Kier molecular flexibility index (Phi) is 4.58. The second-order valence-corrected chi connectivity index (χ2v) is 4.11. The van der Waals surface area contributed by atoms with E-state index >= 15 is 0 Å². The summed E-state index contributed by atoms with van der Waals surface area (Å²) in [6.45, 7) is 0. The normalized spacial score (nSPS) is 11.5. The fourth-order valence-electron chi connectivity index (χ4n) is 0.913. The van der Waals surface area contributed by atoms with E-state index in [-0.39, 0.29) is 10.8 Å². The number of hydrogen-bond acceptors (Lipinski definition) is 3. The van der Waals surface area contributed by atoms with Crippen LogP contribution >= 0.6 is 23.2 Å². The molecule has 0 saturated heterocycles. The van der Waals surface area contributed by atoms with E-state index in [2.05, 4.69) is 10.2 Å². The van der Waals surface area contributed by atoms with Gasteiger partial charge in [0.05, 0.1) is 11.2 Å². The first kappa shape index (κ1) is 12.8. The van der Waals surface area contributed by atoms with Crippen LogP contribution in [0.3, 0.4) is 0 Å². The zero-order valence-corrected chi connectivity index (χ0v) is 10.4. The molecule has 6 heteroatoms. The minimum absolute atomic E-state index is 0.0603. The zero-order chi connectivity index (χ0) is 12.1. The van der Waals surface area contributed by atoms with Gasteiger partial charge < -0.3 is 10.0 Å². The summed E-state index contributed by atoms with van der Waals surface area (Å²) in [5.41, 5.74) is 0.424. The van der Waals surface area contributed by atoms with Gasteiger partial charge in [0.2, 0.25) is 0 Å². The summed E-state index contributed by atoms with van der Waals surface area (Å²) in [6.07, 6.45) is 2.91. The highest BCUT2D eigenvalue weighted by atomic mass is 35.5. The average Bonchev–Trinajstić information content (AvgIpc) is 2.19. The third kappa shape index (κ3) is 3.72. The van der Waals surface area contributed by atoms with Gasteiger partial charge in [-0.05, 0) is 12.1 Å². The van der Waals surface area contributed by atoms with Crippen molar-refractivity contribution in [1.82, 2.24) is 4.90 Å². The molecule has 1 N–H and O–H groups in total. The van der Waals surface area contributed by atoms with Gasteiger partial charge in [-0.2, -0.15) is 5.10 Å². The van der Waals surface area contributed by atoms with Crippen LogP contribution in [-0.2, 0) is 0 Å². The monoisotopic (exact) mass is 259 g/mol. The number of rotatable bonds is 3. The molecule has 0 saturated carbocycles. The quantitative estimate of drug-likeness (QED) is 0.516. The number of phenolic OH excluding ortho intramolecular Hbond substituents is 1. The highest BCUT2D eigenvalue weighted by Crippen LogP contribution is 2.29. The van der Waals surface area contributed by atoms with Gasteiger partial charge in [-0.25, -0.2) is 0 Å². The Bertz CT molecular complexity index is 430. The van der Waals surface area contributed by atoms with Crippen LogP contribution in [0.4, 0.5) is 0 Å². The maximum absolute atomic E-state index is 9.59. The van der Waals surface area contributed by atoms with Crippen molar-refractivity contribution >= 4 is 35.8 Å². The number of aromatic hydroxyl groups is 1. The van der Waals surface area contributed by atoms with E-state index in [1.165, 1.54) is 18.6 Å². The first-order chi connectivity index (χ1) is 7.50. The lowest BCUT2D eigenvalue weighted by molar-refractivity contribution is 0.474. The van der Waals surface area contributed by atoms with Gasteiger partial charge in [-0.3, -0.25) is 0 Å². The largest absolute Gasteiger partial charge is 0.506 e. The lowest BCUT2D eigenvalue weighted by Gasteiger charge is -2.01. The van der Waals surface area contributed by atoms with Gasteiger partial charge in [-0.15, -0.1) is 5.10 Å². The van der Waals surface area contributed by atoms with Crippen molar-refractivity contribution in [2.45, 2.75) is 0 Å². The van der Waals surface area contributed by atoms with Gasteiger partial charge in [0.15, 0.2) is 0 Å². The lowest BCUT2D eigenvalue weighted by Crippen LogP contribution is -2.06. The summed E-state index contributed by atoms with van der Waals surface area (Å²) in [6, 6.07) is 3.01. The Morgan fingerprint density at radius 1 is 1.25 bits per heavy atom. The number of halogens is 2. The van der Waals surface area contributed by atoms with Crippen molar-refractivity contribution in [3.05, 3.63) is 27.7 Å². The molecule has 0 bridgehead atoms. The Labute approximate surface area is 104 Å². The van der Waals surface area contributed by atoms with Gasteiger partial charge >= 0.3 is 0 Å². The third-order valence-electron chi connectivity index (χ3n) is 1.60. The maximum Gasteiger partial charge on any atom is 0.143 e. The maximum atomic E-state index is 9.59. The molecule has 0 aromatic heterocycles. The number of nitrogens with zero attached hydrogens (tertiary/aromatic N) is 3. The van der Waals surface area contributed by atoms with Crippen LogP contribution in [0, 0.1) is 0 Å². The minimum atomic E-state index is -0.0603. The predicted molar refractivity (Wildman–Crippen MR) is 67.9 cm³/mol. The van der Waals surface area contributed by atoms with E-state index in [1.807, 2.05) is 14.1 Å². The predicted octanol–water partition coefficient (Wildman–Crippen LogP) is 2.62. The third-order valence-corrected chi connectivity index (χ3v) is 2.11. The molecular weight excluding hydrogens is 249 g/mol. The molecule has 0 aliphatic heterocycles. The molecule has 0 unspecified atom stereocenters. The van der Waals surface area contributed by atoms with Gasteiger partial charge in [-0.1, -0.05) is 23.2 Å². The molecule has 1 aromatic carbocycles. The molecule has 0 heterocycles. The van der Waals surface area contributed by atoms with E-state index < -0.39 is 0 Å². The molecule has 4 nitrogen and oxygen atoms in total. The van der Waals surface area contributed by atoms with Crippen LogP contribution in [-0.4, -0.2) is 36.7 Å². The molecular formula is C10H11Cl2N3O. The summed E-state index contributed by atoms with van der Waals surface area (Å²) < 4.78 is 0. The van der Waals surface area contributed by atoms with E-state index in [1.54, 1.807) is 11.0 Å². The van der Waals surface area contributed by atoms with E-state index in [0.29, 0.717) is 10.6 Å². The van der Waals surface area contributed by atoms with Crippen molar-refractivity contribution in [2.24, 2.45) is 10.2 Å². The molecule has 0 radical (unpaired) electrons. The van der Waals surface area contributed by atoms with Crippen LogP contribution in [0.15, 0.2) is 22.3 Å². The van der Waals surface area contributed by atoms with Crippen LogP contribution in [0.5, 0.6) is 5.75 Å². The van der Waals surface area contributed by atoms with Gasteiger partial charge in [0.1, 0.15) is 12.1 Å². The smallest absolute Gasteiger partial charge is 0.143 e. The number of phenols is 1. The molecule has 0 amide bonds. The Hall–Kier alpha value is -1.26. The van der Waals surface area contributed by atoms with Crippen molar-refractivity contribution in [1.29, 1.82) is 0 Å². The van der Waals surface area contributed by atoms with Gasteiger partial charge in [0, 0.05) is 24.7 Å². The van der Waals surface area contributed by atoms with Crippen molar-refractivity contribution < 1.29 is 5.11 Å². The zero-order valence-electron chi connectivity index (χ0n) is 8.85. The lowest BCUT2D eigenvalue weighted by atomic mass is 10.2. The van der Waals surface area contributed by atoms with E-state index in [9.17, 15) is 5.11 Å². The summed E-state index contributed by atoms with van der Waals surface area (Å²) in [4.78, 5) is 1.74. The second-order valence-electron chi connectivity index (χ2n) is 3.26. The van der Waals surface area contributed by atoms with Gasteiger partial charge in [0.25, 0.3) is 0 Å². The molecule has 1 rings (SSSR count). The van der Waals surface area contributed by atoms with Crippen molar-refractivity contribution in [2.75, 3.05) is 14.1 Å². The van der Waals surface area contributed by atoms with E-state index in [4.69, 9.17) is 23.2 Å². The Balaban J connectivity index is 2.89. The number of benzene rings is 1. The van der Waals surface area contributed by atoms with Crippen molar-refractivity contribution in [3.63, 3.8) is 0 Å². The van der Waals surface area contributed by atoms with Crippen LogP contribution in [0.1, 0.15) is 5.56 Å².